The Kier molecular flexibility index (Phi) is 6.22. The average Bonchev–Trinajstić information content (AvgIpc) is 2.43. The number of amides is 2. The lowest BCUT2D eigenvalue weighted by atomic mass is 10.2. The van der Waals surface area contributed by atoms with Crippen molar-refractivity contribution in [3.63, 3.8) is 0 Å². The molecule has 0 bridgehead atoms. The van der Waals surface area contributed by atoms with E-state index in [0.717, 1.165) is 12.1 Å². The summed E-state index contributed by atoms with van der Waals surface area (Å²) in [4.78, 5) is 27.6. The molecule has 0 heterocycles. The topological polar surface area (TPSA) is 40.6 Å². The Labute approximate surface area is 121 Å². The van der Waals surface area contributed by atoms with Gasteiger partial charge in [0.05, 0.1) is 0 Å². The number of nitrogens with zero attached hydrogens (tertiary/aromatic N) is 2. The third-order valence-electron chi connectivity index (χ3n) is 2.93. The molecule has 0 saturated carbocycles. The van der Waals surface area contributed by atoms with Crippen LogP contribution in [0, 0.1) is 5.92 Å². The molecule has 0 saturated heterocycles. The fourth-order valence-electron chi connectivity index (χ4n) is 2.09. The van der Waals surface area contributed by atoms with Gasteiger partial charge in [0.25, 0.3) is 0 Å². The van der Waals surface area contributed by atoms with E-state index in [1.54, 1.807) is 11.9 Å². The van der Waals surface area contributed by atoms with Crippen LogP contribution in [0.15, 0.2) is 30.3 Å². The van der Waals surface area contributed by atoms with Gasteiger partial charge < -0.3 is 9.80 Å². The molecular weight excluding hydrogens is 252 g/mol. The number of carbonyl (C=O) groups excluding carboxylic acids is 2. The number of likely N-dealkylation sites (N-methyl/N-ethyl adjacent to an activating group) is 1. The lowest BCUT2D eigenvalue weighted by molar-refractivity contribution is -0.143. The number of para-hydroxylation sites is 1. The summed E-state index contributed by atoms with van der Waals surface area (Å²) in [5.74, 6) is -0.565. The van der Waals surface area contributed by atoms with Crippen LogP contribution in [-0.2, 0) is 9.59 Å². The first-order chi connectivity index (χ1) is 9.47. The zero-order valence-corrected chi connectivity index (χ0v) is 12.8. The van der Waals surface area contributed by atoms with Crippen molar-refractivity contribution in [3.8, 4) is 0 Å². The number of rotatable bonds is 5. The van der Waals surface area contributed by atoms with E-state index in [4.69, 9.17) is 0 Å². The van der Waals surface area contributed by atoms with E-state index in [-0.39, 0.29) is 0 Å². The third kappa shape index (κ3) is 4.37. The van der Waals surface area contributed by atoms with Gasteiger partial charge in [0.15, 0.2) is 0 Å². The summed E-state index contributed by atoms with van der Waals surface area (Å²) in [6.07, 6.45) is 0.807. The van der Waals surface area contributed by atoms with Gasteiger partial charge in [-0.1, -0.05) is 39.0 Å². The van der Waals surface area contributed by atoms with E-state index in [1.165, 1.54) is 4.90 Å². The number of anilines is 1. The molecule has 4 nitrogen and oxygen atoms in total. The van der Waals surface area contributed by atoms with Gasteiger partial charge in [-0.25, -0.2) is 0 Å². The first kappa shape index (κ1) is 16.2. The maximum Gasteiger partial charge on any atom is 0.316 e. The van der Waals surface area contributed by atoms with Crippen LogP contribution in [-0.4, -0.2) is 36.9 Å². The van der Waals surface area contributed by atoms with E-state index in [9.17, 15) is 9.59 Å². The summed E-state index contributed by atoms with van der Waals surface area (Å²) >= 11 is 0. The Morgan fingerprint density at radius 3 is 2.20 bits per heavy atom. The minimum atomic E-state index is -0.457. The van der Waals surface area contributed by atoms with Crippen molar-refractivity contribution >= 4 is 17.5 Å². The molecule has 1 aromatic carbocycles. The van der Waals surface area contributed by atoms with Crippen molar-refractivity contribution in [1.82, 2.24) is 4.90 Å². The summed E-state index contributed by atoms with van der Waals surface area (Å²) in [6.45, 7) is 7.17. The molecule has 1 aromatic rings. The van der Waals surface area contributed by atoms with Gasteiger partial charge >= 0.3 is 11.8 Å². The van der Waals surface area contributed by atoms with Gasteiger partial charge in [0, 0.05) is 25.8 Å². The number of hydrogen-bond donors (Lipinski definition) is 0. The van der Waals surface area contributed by atoms with E-state index < -0.39 is 11.8 Å². The number of benzene rings is 1. The molecule has 0 N–H and O–H groups in total. The molecule has 0 fully saturated rings. The van der Waals surface area contributed by atoms with Crippen LogP contribution in [0.5, 0.6) is 0 Å². The lowest BCUT2D eigenvalue weighted by Crippen LogP contribution is -2.45. The highest BCUT2D eigenvalue weighted by Crippen LogP contribution is 2.14. The van der Waals surface area contributed by atoms with Gasteiger partial charge in [0.2, 0.25) is 0 Å². The first-order valence-electron chi connectivity index (χ1n) is 7.09. The van der Waals surface area contributed by atoms with Crippen LogP contribution in [0.2, 0.25) is 0 Å². The van der Waals surface area contributed by atoms with Crippen molar-refractivity contribution in [1.29, 1.82) is 0 Å². The zero-order valence-electron chi connectivity index (χ0n) is 12.8. The molecule has 0 spiro atoms. The molecule has 1 rings (SSSR count). The summed E-state index contributed by atoms with van der Waals surface area (Å²) in [7, 11) is 1.68. The molecule has 0 aliphatic heterocycles. The molecule has 110 valence electrons. The smallest absolute Gasteiger partial charge is 0.316 e. The quantitative estimate of drug-likeness (QED) is 0.775. The van der Waals surface area contributed by atoms with Crippen LogP contribution in [0.3, 0.4) is 0 Å². The lowest BCUT2D eigenvalue weighted by Gasteiger charge is -2.25. The van der Waals surface area contributed by atoms with Crippen LogP contribution >= 0.6 is 0 Å². The van der Waals surface area contributed by atoms with E-state index in [2.05, 4.69) is 0 Å². The predicted molar refractivity (Wildman–Crippen MR) is 81.6 cm³/mol. The monoisotopic (exact) mass is 276 g/mol. The van der Waals surface area contributed by atoms with Gasteiger partial charge in [-0.15, -0.1) is 0 Å². The third-order valence-corrected chi connectivity index (χ3v) is 2.93. The Hall–Kier alpha value is -1.84. The van der Waals surface area contributed by atoms with Gasteiger partial charge in [-0.3, -0.25) is 9.59 Å². The SMILES string of the molecule is CCCN(C(=O)C(=O)N(C)CC(C)C)c1ccccc1. The molecule has 0 radical (unpaired) electrons. The molecule has 0 unspecified atom stereocenters. The highest BCUT2D eigenvalue weighted by Gasteiger charge is 2.25. The number of carbonyl (C=O) groups is 2. The summed E-state index contributed by atoms with van der Waals surface area (Å²) in [5.41, 5.74) is 0.769. The Balaban J connectivity index is 2.87. The second-order valence-electron chi connectivity index (χ2n) is 5.37. The average molecular weight is 276 g/mol. The molecule has 0 atom stereocenters. The van der Waals surface area contributed by atoms with Gasteiger partial charge in [-0.05, 0) is 24.5 Å². The molecule has 4 heteroatoms. The Bertz CT molecular complexity index is 443. The van der Waals surface area contributed by atoms with Crippen molar-refractivity contribution < 1.29 is 9.59 Å². The highest BCUT2D eigenvalue weighted by molar-refractivity contribution is 6.40. The molecular formula is C16H24N2O2. The molecule has 0 aromatic heterocycles. The van der Waals surface area contributed by atoms with Crippen molar-refractivity contribution in [3.05, 3.63) is 30.3 Å². The number of hydrogen-bond acceptors (Lipinski definition) is 2. The van der Waals surface area contributed by atoms with E-state index >= 15 is 0 Å². The zero-order chi connectivity index (χ0) is 15.1. The Morgan fingerprint density at radius 2 is 1.70 bits per heavy atom. The largest absolute Gasteiger partial charge is 0.337 e. The fraction of sp³-hybridized carbons (Fsp3) is 0.500. The van der Waals surface area contributed by atoms with Crippen LogP contribution in [0.25, 0.3) is 0 Å². The van der Waals surface area contributed by atoms with Crippen molar-refractivity contribution in [2.45, 2.75) is 27.2 Å². The molecule has 0 aliphatic rings. The summed E-state index contributed by atoms with van der Waals surface area (Å²) in [5, 5.41) is 0. The van der Waals surface area contributed by atoms with Gasteiger partial charge in [0.1, 0.15) is 0 Å². The first-order valence-corrected chi connectivity index (χ1v) is 7.09. The fourth-order valence-corrected chi connectivity index (χ4v) is 2.09. The normalized spacial score (nSPS) is 10.4. The molecule has 20 heavy (non-hydrogen) atoms. The summed E-state index contributed by atoms with van der Waals surface area (Å²) < 4.78 is 0. The standard InChI is InChI=1S/C16H24N2O2/c1-5-11-18(14-9-7-6-8-10-14)16(20)15(19)17(4)12-13(2)3/h6-10,13H,5,11-12H2,1-4H3. The Morgan fingerprint density at radius 1 is 1.10 bits per heavy atom. The van der Waals surface area contributed by atoms with Crippen LogP contribution in [0.4, 0.5) is 5.69 Å². The van der Waals surface area contributed by atoms with E-state index in [1.807, 2.05) is 51.1 Å². The van der Waals surface area contributed by atoms with Crippen molar-refractivity contribution in [2.75, 3.05) is 25.0 Å². The summed E-state index contributed by atoms with van der Waals surface area (Å²) in [6, 6.07) is 9.33. The minimum Gasteiger partial charge on any atom is -0.337 e. The second kappa shape index (κ2) is 7.68. The maximum absolute atomic E-state index is 12.4. The van der Waals surface area contributed by atoms with Crippen molar-refractivity contribution in [2.24, 2.45) is 5.92 Å². The predicted octanol–water partition coefficient (Wildman–Crippen LogP) is 2.54. The van der Waals surface area contributed by atoms with Crippen LogP contribution < -0.4 is 4.90 Å². The minimum absolute atomic E-state index is 0.341. The molecule has 0 aliphatic carbocycles. The second-order valence-corrected chi connectivity index (χ2v) is 5.37. The molecule has 2 amide bonds. The highest BCUT2D eigenvalue weighted by atomic mass is 16.2. The van der Waals surface area contributed by atoms with Gasteiger partial charge in [-0.2, -0.15) is 0 Å². The van der Waals surface area contributed by atoms with E-state index in [0.29, 0.717) is 19.0 Å². The van der Waals surface area contributed by atoms with Crippen LogP contribution in [0.1, 0.15) is 27.2 Å². The maximum atomic E-state index is 12.4.